The summed E-state index contributed by atoms with van der Waals surface area (Å²) in [4.78, 5) is 7.99. The molecule has 180 valence electrons. The Bertz CT molecular complexity index is 1280. The molecule has 34 heavy (non-hydrogen) atoms. The summed E-state index contributed by atoms with van der Waals surface area (Å²) < 4.78 is 39.0. The maximum Gasteiger partial charge on any atom is 0.385 e. The summed E-state index contributed by atoms with van der Waals surface area (Å²) in [5.41, 5.74) is 14.0. The van der Waals surface area contributed by atoms with E-state index in [1.165, 1.54) is 22.6 Å². The van der Waals surface area contributed by atoms with Crippen LogP contribution < -0.4 is 20.4 Å². The van der Waals surface area contributed by atoms with Gasteiger partial charge in [0.25, 0.3) is 0 Å². The first-order valence-corrected chi connectivity index (χ1v) is 12.3. The molecule has 1 aliphatic rings. The minimum atomic E-state index is -4.02. The van der Waals surface area contributed by atoms with E-state index in [0.29, 0.717) is 54.1 Å². The molecule has 3 aromatic rings. The smallest absolute Gasteiger partial charge is 0.385 e. The fraction of sp³-hybridized carbons (Fsp3) is 0.304. The van der Waals surface area contributed by atoms with E-state index in [4.69, 9.17) is 20.4 Å². The number of phenols is 1. The number of nitrogen functional groups attached to an aromatic ring is 2. The molecule has 0 spiro atoms. The van der Waals surface area contributed by atoms with Crippen molar-refractivity contribution in [3.05, 3.63) is 53.7 Å². The third-order valence-electron chi connectivity index (χ3n) is 5.47. The molecule has 10 nitrogen and oxygen atoms in total. The second-order valence-corrected chi connectivity index (χ2v) is 9.45. The lowest BCUT2D eigenvalue weighted by molar-refractivity contribution is 0.339. The molecule has 4 rings (SSSR count). The van der Waals surface area contributed by atoms with Crippen LogP contribution in [0.3, 0.4) is 0 Å². The fourth-order valence-electron chi connectivity index (χ4n) is 3.86. The van der Waals surface area contributed by atoms with Crippen LogP contribution in [0.1, 0.15) is 30.9 Å². The minimum absolute atomic E-state index is 0.0691. The van der Waals surface area contributed by atoms with Crippen LogP contribution in [0.4, 0.5) is 11.8 Å². The van der Waals surface area contributed by atoms with Gasteiger partial charge < -0.3 is 25.5 Å². The van der Waals surface area contributed by atoms with Gasteiger partial charge in [-0.2, -0.15) is 17.7 Å². The number of nitrogens with zero attached hydrogens (tertiary/aromatic N) is 3. The van der Waals surface area contributed by atoms with Crippen molar-refractivity contribution < 1.29 is 22.4 Å². The van der Waals surface area contributed by atoms with E-state index < -0.39 is 10.3 Å². The zero-order chi connectivity index (χ0) is 24.3. The maximum atomic E-state index is 13.0. The number of hydrogen-bond acceptors (Lipinski definition) is 9. The largest absolute Gasteiger partial charge is 0.508 e. The van der Waals surface area contributed by atoms with Crippen molar-refractivity contribution in [1.82, 2.24) is 14.3 Å². The highest BCUT2D eigenvalue weighted by atomic mass is 32.2. The van der Waals surface area contributed by atoms with Crippen molar-refractivity contribution in [3.63, 3.8) is 0 Å². The topological polar surface area (TPSA) is 154 Å². The maximum absolute atomic E-state index is 13.0. The van der Waals surface area contributed by atoms with Crippen molar-refractivity contribution in [3.8, 4) is 28.4 Å². The van der Waals surface area contributed by atoms with E-state index in [1.807, 2.05) is 6.92 Å². The van der Waals surface area contributed by atoms with E-state index in [2.05, 4.69) is 9.97 Å². The lowest BCUT2D eigenvalue weighted by atomic mass is 9.98. The van der Waals surface area contributed by atoms with Crippen molar-refractivity contribution in [2.75, 3.05) is 31.2 Å². The summed E-state index contributed by atoms with van der Waals surface area (Å²) >= 11 is 0. The average molecular weight is 486 g/mol. The highest BCUT2D eigenvalue weighted by molar-refractivity contribution is 7.84. The number of phenolic OH excluding ortho intramolecular Hbond substituents is 1. The van der Waals surface area contributed by atoms with Crippen LogP contribution in [-0.2, 0) is 16.7 Å². The van der Waals surface area contributed by atoms with Gasteiger partial charge in [-0.05, 0) is 55.2 Å². The van der Waals surface area contributed by atoms with Crippen LogP contribution in [0.15, 0.2) is 42.6 Å². The summed E-state index contributed by atoms with van der Waals surface area (Å²) in [6.45, 7) is 3.00. The van der Waals surface area contributed by atoms with Gasteiger partial charge >= 0.3 is 10.3 Å². The SMILES string of the molecule is CCOc1cc(Cc2cnc(N)nc2N)cc(OS(=O)(=O)N2CCCC2)c1-c1ccc(O)cc1. The molecular formula is C23H27N5O5S. The first kappa shape index (κ1) is 23.6. The highest BCUT2D eigenvalue weighted by Gasteiger charge is 2.29. The molecule has 0 radical (unpaired) electrons. The van der Waals surface area contributed by atoms with Gasteiger partial charge in [0.15, 0.2) is 5.75 Å². The first-order valence-electron chi connectivity index (χ1n) is 10.9. The fourth-order valence-corrected chi connectivity index (χ4v) is 5.03. The second-order valence-electron chi connectivity index (χ2n) is 7.91. The Morgan fingerprint density at radius 1 is 1.09 bits per heavy atom. The van der Waals surface area contributed by atoms with Crippen molar-refractivity contribution >= 4 is 22.1 Å². The van der Waals surface area contributed by atoms with Gasteiger partial charge in [0.2, 0.25) is 5.95 Å². The average Bonchev–Trinajstić information content (AvgIpc) is 3.33. The number of nitrogens with two attached hydrogens (primary N) is 2. The van der Waals surface area contributed by atoms with Gasteiger partial charge in [-0.1, -0.05) is 12.1 Å². The number of aromatic hydroxyl groups is 1. The quantitative estimate of drug-likeness (QED) is 0.437. The standard InChI is InChI=1S/C23H27N5O5S/c1-2-32-19-12-15(11-17-14-26-23(25)27-22(17)24)13-20(21(19)16-5-7-18(29)8-6-16)33-34(30,31)28-9-3-4-10-28/h5-8,12-14,29H,2-4,9-11H2,1H3,(H4,24,25,26,27). The van der Waals surface area contributed by atoms with Gasteiger partial charge in [-0.3, -0.25) is 0 Å². The normalized spacial score (nSPS) is 14.3. The second kappa shape index (κ2) is 9.74. The first-order chi connectivity index (χ1) is 16.3. The molecule has 5 N–H and O–H groups in total. The van der Waals surface area contributed by atoms with Crippen LogP contribution in [0, 0.1) is 0 Å². The summed E-state index contributed by atoms with van der Waals surface area (Å²) in [6.07, 6.45) is 3.41. The van der Waals surface area contributed by atoms with E-state index in [9.17, 15) is 13.5 Å². The molecule has 1 fully saturated rings. The van der Waals surface area contributed by atoms with Crippen molar-refractivity contribution in [2.45, 2.75) is 26.2 Å². The Kier molecular flexibility index (Phi) is 6.75. The van der Waals surface area contributed by atoms with Crippen molar-refractivity contribution in [1.29, 1.82) is 0 Å². The van der Waals surface area contributed by atoms with Gasteiger partial charge in [-0.25, -0.2) is 4.98 Å². The number of aromatic nitrogens is 2. The molecule has 1 saturated heterocycles. The van der Waals surface area contributed by atoms with Crippen molar-refractivity contribution in [2.24, 2.45) is 0 Å². The third kappa shape index (κ3) is 5.15. The molecule has 2 heterocycles. The Morgan fingerprint density at radius 3 is 2.41 bits per heavy atom. The number of benzene rings is 2. The molecule has 0 amide bonds. The number of rotatable bonds is 8. The van der Waals surface area contributed by atoms with E-state index in [1.54, 1.807) is 24.3 Å². The summed E-state index contributed by atoms with van der Waals surface area (Å²) in [7, 11) is -4.02. The Labute approximate surface area is 198 Å². The van der Waals surface area contributed by atoms with Crippen LogP contribution in [0.2, 0.25) is 0 Å². The molecule has 1 aromatic heterocycles. The Hall–Kier alpha value is -3.57. The molecule has 0 saturated carbocycles. The lowest BCUT2D eigenvalue weighted by Crippen LogP contribution is -2.32. The van der Waals surface area contributed by atoms with Gasteiger partial charge in [0.1, 0.15) is 17.3 Å². The highest BCUT2D eigenvalue weighted by Crippen LogP contribution is 2.42. The summed E-state index contributed by atoms with van der Waals surface area (Å²) in [5, 5.41) is 9.73. The van der Waals surface area contributed by atoms with Crippen LogP contribution >= 0.6 is 0 Å². The van der Waals surface area contributed by atoms with E-state index >= 15 is 0 Å². The molecule has 0 unspecified atom stereocenters. The molecule has 2 aromatic carbocycles. The number of ether oxygens (including phenoxy) is 1. The Balaban J connectivity index is 1.83. The zero-order valence-electron chi connectivity index (χ0n) is 18.8. The van der Waals surface area contributed by atoms with E-state index in [0.717, 1.165) is 12.8 Å². The van der Waals surface area contributed by atoms with E-state index in [-0.39, 0.29) is 23.3 Å². The Morgan fingerprint density at radius 2 is 1.76 bits per heavy atom. The lowest BCUT2D eigenvalue weighted by Gasteiger charge is -2.21. The van der Waals surface area contributed by atoms with Crippen LogP contribution in [0.25, 0.3) is 11.1 Å². The molecule has 0 bridgehead atoms. The predicted molar refractivity (Wildman–Crippen MR) is 129 cm³/mol. The van der Waals surface area contributed by atoms with Gasteiger partial charge in [-0.15, -0.1) is 0 Å². The molecule has 11 heteroatoms. The number of hydrogen-bond donors (Lipinski definition) is 3. The summed E-state index contributed by atoms with van der Waals surface area (Å²) in [5.74, 6) is 0.949. The van der Waals surface area contributed by atoms with Gasteiger partial charge in [0.05, 0.1) is 12.2 Å². The molecular weight excluding hydrogens is 458 g/mol. The summed E-state index contributed by atoms with van der Waals surface area (Å²) in [6, 6.07) is 9.83. The number of anilines is 2. The zero-order valence-corrected chi connectivity index (χ0v) is 19.6. The minimum Gasteiger partial charge on any atom is -0.508 e. The monoisotopic (exact) mass is 485 g/mol. The van der Waals surface area contributed by atoms with Crippen LogP contribution in [0.5, 0.6) is 17.2 Å². The predicted octanol–water partition coefficient (Wildman–Crippen LogP) is 2.72. The molecule has 0 aliphatic carbocycles. The molecule has 0 atom stereocenters. The van der Waals surface area contributed by atoms with Gasteiger partial charge in [0, 0.05) is 31.3 Å². The van der Waals surface area contributed by atoms with Crippen LogP contribution in [-0.4, -0.2) is 47.5 Å². The third-order valence-corrected chi connectivity index (χ3v) is 6.86. The molecule has 1 aliphatic heterocycles.